The Balaban J connectivity index is 1.18. The number of carbonyl (C=O) groups is 3. The van der Waals surface area contributed by atoms with E-state index in [1.54, 1.807) is 19.9 Å². The first-order valence-electron chi connectivity index (χ1n) is 23.4. The number of nitrogens with two attached hydrogens (primary N) is 1. The molecular weight excluding hydrogens is 971 g/mol. The smallest absolute Gasteiger partial charge is 0.303 e. The van der Waals surface area contributed by atoms with Gasteiger partial charge in [-0.15, -0.1) is 0 Å². The van der Waals surface area contributed by atoms with Crippen LogP contribution in [0.25, 0.3) is 21.9 Å². The number of aryl methyl sites for hydroxylation is 1. The van der Waals surface area contributed by atoms with Crippen molar-refractivity contribution >= 4 is 45.4 Å². The number of carbonyl (C=O) groups excluding carboxylic acids is 3. The number of rotatable bonds is 12. The summed E-state index contributed by atoms with van der Waals surface area (Å²) in [4.78, 5) is 63.0. The third-order valence-corrected chi connectivity index (χ3v) is 15.2. The Morgan fingerprint density at radius 3 is 2.37 bits per heavy atom. The molecule has 2 bridgehead atoms. The minimum absolute atomic E-state index is 0.00716. The average molecular weight is 1030 g/mol. The standard InChI is InChI=1S/C47H57N5O21/c1-16-10-21-28(33(58)30-29(34(21)63-7)23(11-22(55)32(30)57)69-26-13-43(6,60)37(17(2)66-26)68-20(5)54)35-27(16)36-38-46(71-35,70-25-12-24(56)45(62,18(3)53)19(4)67-25)44(61,47(72-36,73-38)41(64-8)65-9)14-52-15-49-31-39(52)50-42(48)51-40(31)59/h10,15,17,19,22-26,36-38,41,55-56,58,60-62H,11-14H2,1-9H3,(H3,48,50,51,59)/t17-,19-,22-,23-,24+,25-,26-,36?,37+,38-,43-,44-,45+,46+,47-/m0/s1. The van der Waals surface area contributed by atoms with Crippen molar-refractivity contribution < 1.29 is 97.1 Å². The molecule has 5 aliphatic heterocycles. The molecule has 73 heavy (non-hydrogen) atoms. The highest BCUT2D eigenvalue weighted by Crippen LogP contribution is 2.69. The predicted molar refractivity (Wildman–Crippen MR) is 243 cm³/mol. The van der Waals surface area contributed by atoms with Gasteiger partial charge in [0.05, 0.1) is 55.3 Å². The van der Waals surface area contributed by atoms with Crippen molar-refractivity contribution in [2.24, 2.45) is 0 Å². The SMILES string of the molecule is COc1c2c(c(O)c3c4c(c(C)cc13)C1O[C@@]3(C(OC)OC)O[C@@H]1[C@@](O[C@H]1C[C@@H](O)[C@@](O)(C(C)=O)[C@H](C)O1)(O4)[C@@]3(O)Cn1cnc3c(=O)[nH]c(N)nc31)C(=O)[C@@H](O)C[C@@H]2O[C@H]1C[C@](C)(O)[C@H](OC(C)=O)[C@H](C)O1. The van der Waals surface area contributed by atoms with E-state index in [0.29, 0.717) is 5.56 Å². The van der Waals surface area contributed by atoms with Crippen molar-refractivity contribution in [1.82, 2.24) is 19.5 Å². The second-order valence-electron chi connectivity index (χ2n) is 19.8. The van der Waals surface area contributed by atoms with Gasteiger partial charge in [-0.2, -0.15) is 4.98 Å². The number of esters is 1. The van der Waals surface area contributed by atoms with Gasteiger partial charge in [0.1, 0.15) is 35.1 Å². The lowest BCUT2D eigenvalue weighted by molar-refractivity contribution is -0.427. The molecule has 6 aliphatic rings. The molecule has 2 aromatic carbocycles. The van der Waals surface area contributed by atoms with Gasteiger partial charge in [0.15, 0.2) is 53.1 Å². The number of Topliss-reactive ketones (excluding diaryl/α,β-unsaturated/α-hetero) is 2. The molecule has 0 radical (unpaired) electrons. The number of aliphatic hydroxyl groups excluding tert-OH is 2. The number of aromatic nitrogens is 4. The molecule has 1 unspecified atom stereocenters. The van der Waals surface area contributed by atoms with Crippen molar-refractivity contribution in [1.29, 1.82) is 0 Å². The fourth-order valence-corrected chi connectivity index (χ4v) is 11.9. The highest BCUT2D eigenvalue weighted by Gasteiger charge is 2.88. The van der Waals surface area contributed by atoms with Gasteiger partial charge in [-0.25, -0.2) is 4.98 Å². The van der Waals surface area contributed by atoms with E-state index in [9.17, 15) is 49.8 Å². The maximum atomic E-state index is 14.3. The summed E-state index contributed by atoms with van der Waals surface area (Å²) in [7, 11) is 3.80. The Bertz CT molecular complexity index is 3000. The molecular formula is C47H57N5O21. The van der Waals surface area contributed by atoms with E-state index in [0.717, 1.165) is 6.92 Å². The van der Waals surface area contributed by atoms with Gasteiger partial charge >= 0.3 is 5.97 Å². The number of aliphatic hydroxyl groups is 5. The van der Waals surface area contributed by atoms with Crippen molar-refractivity contribution in [3.63, 3.8) is 0 Å². The molecule has 2 aromatic heterocycles. The highest BCUT2D eigenvalue weighted by atomic mass is 16.9. The molecule has 9 N–H and O–H groups in total. The third-order valence-electron chi connectivity index (χ3n) is 15.2. The van der Waals surface area contributed by atoms with Crippen LogP contribution < -0.4 is 20.8 Å². The number of aromatic hydroxyl groups is 1. The lowest BCUT2D eigenvalue weighted by Gasteiger charge is -2.56. The topological polar surface area (TPSA) is 364 Å². The number of nitrogens with zero attached hydrogens (tertiary/aromatic N) is 3. The molecule has 1 aliphatic carbocycles. The van der Waals surface area contributed by atoms with Gasteiger partial charge < -0.3 is 93.0 Å². The number of benzene rings is 2. The molecule has 4 saturated heterocycles. The van der Waals surface area contributed by atoms with E-state index < -0.39 is 143 Å². The van der Waals surface area contributed by atoms with E-state index >= 15 is 0 Å². The first-order chi connectivity index (χ1) is 34.3. The molecule has 0 amide bonds. The summed E-state index contributed by atoms with van der Waals surface area (Å²) in [6.45, 7) is 7.57. The number of imidazole rings is 1. The second-order valence-corrected chi connectivity index (χ2v) is 19.8. The summed E-state index contributed by atoms with van der Waals surface area (Å²) in [6, 6.07) is 1.62. The number of H-pyrrole nitrogens is 1. The number of nitrogen functional groups attached to an aromatic ring is 1. The van der Waals surface area contributed by atoms with Crippen LogP contribution in [-0.4, -0.2) is 173 Å². The quantitative estimate of drug-likeness (QED) is 0.0675. The molecule has 4 aromatic rings. The number of nitrogens with one attached hydrogen (secondary N) is 1. The van der Waals surface area contributed by atoms with Crippen LogP contribution in [0.1, 0.15) is 93.1 Å². The number of fused-ring (bicyclic) bond motifs is 7. The molecule has 10 rings (SSSR count). The van der Waals surface area contributed by atoms with Gasteiger partial charge in [-0.3, -0.25) is 24.2 Å². The minimum atomic E-state index is -2.81. The third kappa shape index (κ3) is 7.10. The van der Waals surface area contributed by atoms with E-state index in [-0.39, 0.29) is 63.4 Å². The number of anilines is 1. The Morgan fingerprint density at radius 2 is 1.74 bits per heavy atom. The number of hydrogen-bond donors (Lipinski definition) is 8. The summed E-state index contributed by atoms with van der Waals surface area (Å²) in [5, 5.41) is 72.3. The van der Waals surface area contributed by atoms with Crippen LogP contribution in [0.4, 0.5) is 5.95 Å². The Hall–Kier alpha value is -5.46. The van der Waals surface area contributed by atoms with Crippen LogP contribution in [0.3, 0.4) is 0 Å². The van der Waals surface area contributed by atoms with Crippen LogP contribution in [0.5, 0.6) is 17.2 Å². The van der Waals surface area contributed by atoms with E-state index in [2.05, 4.69) is 15.0 Å². The second kappa shape index (κ2) is 17.3. The lowest BCUT2D eigenvalue weighted by atomic mass is 9.74. The number of ether oxygens (including phenoxy) is 11. The molecule has 7 heterocycles. The minimum Gasteiger partial charge on any atom is -0.506 e. The number of phenolic OH excluding ortho intramolecular Hbond substituents is 1. The average Bonchev–Trinajstić information content (AvgIpc) is 3.96. The largest absolute Gasteiger partial charge is 0.506 e. The van der Waals surface area contributed by atoms with Gasteiger partial charge in [0, 0.05) is 56.9 Å². The monoisotopic (exact) mass is 1030 g/mol. The molecule has 4 fully saturated rings. The summed E-state index contributed by atoms with van der Waals surface area (Å²) in [6.07, 6.45) is -15.6. The number of ketones is 2. The summed E-state index contributed by atoms with van der Waals surface area (Å²) >= 11 is 0. The zero-order valence-corrected chi connectivity index (χ0v) is 41.1. The number of phenols is 1. The van der Waals surface area contributed by atoms with E-state index in [1.807, 2.05) is 0 Å². The van der Waals surface area contributed by atoms with Crippen molar-refractivity contribution in [2.75, 3.05) is 27.1 Å². The molecule has 396 valence electrons. The van der Waals surface area contributed by atoms with Crippen LogP contribution in [0.15, 0.2) is 17.2 Å². The highest BCUT2D eigenvalue weighted by molar-refractivity contribution is 6.13. The van der Waals surface area contributed by atoms with Crippen LogP contribution in [0, 0.1) is 6.92 Å². The Kier molecular flexibility index (Phi) is 12.1. The van der Waals surface area contributed by atoms with Crippen molar-refractivity contribution in [2.45, 2.75) is 163 Å². The summed E-state index contributed by atoms with van der Waals surface area (Å²) < 4.78 is 70.5. The first kappa shape index (κ1) is 51.0. The fourth-order valence-electron chi connectivity index (χ4n) is 11.9. The lowest BCUT2D eigenvalue weighted by Crippen LogP contribution is -2.78. The van der Waals surface area contributed by atoms with Crippen molar-refractivity contribution in [3.05, 3.63) is 45.0 Å². The molecule has 26 nitrogen and oxygen atoms in total. The van der Waals surface area contributed by atoms with E-state index in [1.165, 1.54) is 53.0 Å². The maximum Gasteiger partial charge on any atom is 0.303 e. The summed E-state index contributed by atoms with van der Waals surface area (Å²) in [5.41, 5.74) is -1.73. The molecule has 26 heteroatoms. The van der Waals surface area contributed by atoms with Gasteiger partial charge in [0.2, 0.25) is 17.8 Å². The number of methoxy groups -OCH3 is 3. The molecule has 15 atom stereocenters. The van der Waals surface area contributed by atoms with E-state index in [4.69, 9.17) is 57.8 Å². The van der Waals surface area contributed by atoms with Crippen molar-refractivity contribution in [3.8, 4) is 17.2 Å². The zero-order chi connectivity index (χ0) is 52.8. The van der Waals surface area contributed by atoms with Crippen LogP contribution in [0.2, 0.25) is 0 Å². The fraction of sp³-hybridized carbons (Fsp3) is 0.617. The normalized spacial score (nSPS) is 37.6. The molecule has 0 saturated carbocycles. The Labute approximate surface area is 414 Å². The number of aromatic amines is 1. The van der Waals surface area contributed by atoms with Crippen LogP contribution >= 0.6 is 0 Å². The Morgan fingerprint density at radius 1 is 1.03 bits per heavy atom. The maximum absolute atomic E-state index is 14.3. The predicted octanol–water partition coefficient (Wildman–Crippen LogP) is -0.162. The van der Waals surface area contributed by atoms with Gasteiger partial charge in [-0.05, 0) is 46.2 Å². The first-order valence-corrected chi connectivity index (χ1v) is 23.4. The summed E-state index contributed by atoms with van der Waals surface area (Å²) in [5.74, 6) is -8.86. The van der Waals surface area contributed by atoms with Gasteiger partial charge in [-0.1, -0.05) is 0 Å². The molecule has 0 spiro atoms. The zero-order valence-electron chi connectivity index (χ0n) is 41.1. The van der Waals surface area contributed by atoms with Gasteiger partial charge in [0.25, 0.3) is 17.1 Å². The van der Waals surface area contributed by atoms with Crippen LogP contribution in [-0.2, 0) is 58.8 Å². The number of hydrogen-bond acceptors (Lipinski definition) is 24.